The van der Waals surface area contributed by atoms with Crippen molar-refractivity contribution in [2.24, 2.45) is 5.41 Å². The molecule has 0 spiro atoms. The Labute approximate surface area is 300 Å². The summed E-state index contributed by atoms with van der Waals surface area (Å²) in [5.41, 5.74) is 8.84. The first kappa shape index (κ1) is 40.7. The highest BCUT2D eigenvalue weighted by molar-refractivity contribution is 8.04. The molecule has 1 saturated heterocycles. The molecular weight excluding hydrogens is 701 g/mol. The summed E-state index contributed by atoms with van der Waals surface area (Å²) in [6, 6.07) is 10.8. The molecule has 0 bridgehead atoms. The second kappa shape index (κ2) is 18.9. The van der Waals surface area contributed by atoms with Gasteiger partial charge < -0.3 is 26.6 Å². The van der Waals surface area contributed by atoms with E-state index in [9.17, 15) is 18.4 Å². The number of carbonyl (C=O) groups is 2. The summed E-state index contributed by atoms with van der Waals surface area (Å²) in [6.45, 7) is 10.8. The van der Waals surface area contributed by atoms with Crippen molar-refractivity contribution in [3.8, 4) is 5.40 Å². The number of thiocyanates is 1. The summed E-state index contributed by atoms with van der Waals surface area (Å²) >= 11 is 18.8. The smallest absolute Gasteiger partial charge is 0.257 e. The number of nitrogen functional groups attached to an aromatic ring is 1. The fraction of sp³-hybridized carbons (Fsp3) is 0.382. The van der Waals surface area contributed by atoms with Crippen molar-refractivity contribution in [1.82, 2.24) is 5.32 Å². The molecule has 0 atom stereocenters. The molecule has 1 aliphatic heterocycles. The van der Waals surface area contributed by atoms with Gasteiger partial charge in [0.2, 0.25) is 5.91 Å². The standard InChI is InChI=1S/C19H21ClF2N4O.C13H14Cl2N2OS.C2H6/c1-24-17-10-18(26-6-4-11(21)5-7-26)13(9-16(17)23)19(27)25-12-2-3-15(22)14(20)8-12;1-13(2,3)12(18)17-6-8-4-5-9(14)11(10(8)15)19-7-16;1-2/h2-3,8-11,24H,4-7,23H2,1H3,(H,25,27);4-5H,6H2,1-3H3,(H,17,18);1-2H3. The average Bonchev–Trinajstić information content (AvgIpc) is 3.05. The summed E-state index contributed by atoms with van der Waals surface area (Å²) in [7, 11) is 1.74. The molecule has 260 valence electrons. The lowest BCUT2D eigenvalue weighted by Gasteiger charge is -2.32. The predicted molar refractivity (Wildman–Crippen MR) is 197 cm³/mol. The molecule has 8 nitrogen and oxygen atoms in total. The molecule has 3 aromatic carbocycles. The average molecular weight is 742 g/mol. The van der Waals surface area contributed by atoms with Gasteiger partial charge in [-0.2, -0.15) is 5.26 Å². The van der Waals surface area contributed by atoms with Crippen LogP contribution in [0.3, 0.4) is 0 Å². The molecule has 0 saturated carbocycles. The lowest BCUT2D eigenvalue weighted by atomic mass is 9.95. The summed E-state index contributed by atoms with van der Waals surface area (Å²) in [5.74, 6) is -1.02. The second-order valence-electron chi connectivity index (χ2n) is 11.4. The molecule has 1 heterocycles. The number of thioether (sulfide) groups is 1. The van der Waals surface area contributed by atoms with Gasteiger partial charge in [0.05, 0.1) is 42.6 Å². The number of halogens is 5. The number of nitrogens with one attached hydrogen (secondary N) is 3. The zero-order valence-electron chi connectivity index (χ0n) is 27.7. The van der Waals surface area contributed by atoms with E-state index in [2.05, 4.69) is 16.0 Å². The number of hydrogen-bond acceptors (Lipinski definition) is 7. The molecule has 0 aromatic heterocycles. The van der Waals surface area contributed by atoms with E-state index in [-0.39, 0.29) is 10.9 Å². The maximum Gasteiger partial charge on any atom is 0.257 e. The number of rotatable bonds is 7. The Hall–Kier alpha value is -3.43. The van der Waals surface area contributed by atoms with Crippen molar-refractivity contribution in [2.45, 2.75) is 65.1 Å². The van der Waals surface area contributed by atoms with Crippen molar-refractivity contribution >= 4 is 81.1 Å². The molecule has 3 aromatic rings. The highest BCUT2D eigenvalue weighted by atomic mass is 35.5. The van der Waals surface area contributed by atoms with Gasteiger partial charge in [-0.3, -0.25) is 9.59 Å². The van der Waals surface area contributed by atoms with E-state index in [4.69, 9.17) is 45.8 Å². The van der Waals surface area contributed by atoms with Crippen LogP contribution in [0.1, 0.15) is 63.4 Å². The van der Waals surface area contributed by atoms with E-state index in [1.165, 1.54) is 18.2 Å². The Morgan fingerprint density at radius 3 is 2.27 bits per heavy atom. The minimum atomic E-state index is -0.822. The van der Waals surface area contributed by atoms with Gasteiger partial charge in [0.25, 0.3) is 5.91 Å². The SMILES string of the molecule is CC.CC(C)(C)C(=O)NCc1ccc(Cl)c(SC#N)c1Cl.CNc1cc(N2CCC(F)CC2)c(C(=O)Nc2ccc(F)c(Cl)c2)cc1N. The van der Waals surface area contributed by atoms with E-state index in [1.54, 1.807) is 31.3 Å². The highest BCUT2D eigenvalue weighted by Crippen LogP contribution is 2.36. The first-order valence-corrected chi connectivity index (χ1v) is 17.2. The van der Waals surface area contributed by atoms with Crippen molar-refractivity contribution in [3.63, 3.8) is 0 Å². The van der Waals surface area contributed by atoms with E-state index in [1.807, 2.05) is 44.9 Å². The van der Waals surface area contributed by atoms with Gasteiger partial charge in [0.15, 0.2) is 0 Å². The van der Waals surface area contributed by atoms with Crippen LogP contribution in [-0.2, 0) is 11.3 Å². The topological polar surface area (TPSA) is 123 Å². The first-order chi connectivity index (χ1) is 22.7. The summed E-state index contributed by atoms with van der Waals surface area (Å²) in [4.78, 5) is 27.2. The summed E-state index contributed by atoms with van der Waals surface area (Å²) < 4.78 is 26.8. The Morgan fingerprint density at radius 2 is 1.71 bits per heavy atom. The Balaban J connectivity index is 0.000000336. The molecule has 5 N–H and O–H groups in total. The molecule has 1 aliphatic rings. The van der Waals surface area contributed by atoms with E-state index in [0.29, 0.717) is 75.7 Å². The first-order valence-electron chi connectivity index (χ1n) is 15.2. The zero-order valence-corrected chi connectivity index (χ0v) is 30.8. The molecule has 14 heteroatoms. The van der Waals surface area contributed by atoms with Gasteiger partial charge >= 0.3 is 0 Å². The number of hydrogen-bond donors (Lipinski definition) is 4. The Bertz CT molecular complexity index is 1620. The number of carbonyl (C=O) groups excluding carboxylic acids is 2. The van der Waals surface area contributed by atoms with Gasteiger partial charge in [-0.15, -0.1) is 0 Å². The maximum absolute atomic E-state index is 13.5. The number of nitrogens with two attached hydrogens (primary N) is 1. The number of amides is 2. The van der Waals surface area contributed by atoms with Gasteiger partial charge in [-0.05, 0) is 66.6 Å². The van der Waals surface area contributed by atoms with E-state index in [0.717, 1.165) is 17.3 Å². The number of alkyl halides is 1. The minimum absolute atomic E-state index is 0.0620. The van der Waals surface area contributed by atoms with Crippen LogP contribution in [0.5, 0.6) is 0 Å². The molecule has 0 aliphatic carbocycles. The molecular formula is C34H41Cl3F2N6O2S. The van der Waals surface area contributed by atoms with E-state index >= 15 is 0 Å². The van der Waals surface area contributed by atoms with Crippen LogP contribution in [0.25, 0.3) is 0 Å². The number of nitrogens with zero attached hydrogens (tertiary/aromatic N) is 2. The molecule has 4 rings (SSSR count). The fourth-order valence-electron chi connectivity index (χ4n) is 4.42. The molecule has 0 radical (unpaired) electrons. The summed E-state index contributed by atoms with van der Waals surface area (Å²) in [6.07, 6.45) is -0.000603. The third kappa shape index (κ3) is 11.3. The third-order valence-electron chi connectivity index (χ3n) is 7.02. The lowest BCUT2D eigenvalue weighted by Crippen LogP contribution is -2.35. The van der Waals surface area contributed by atoms with Crippen LogP contribution in [0.2, 0.25) is 15.1 Å². The molecule has 2 amide bonds. The van der Waals surface area contributed by atoms with Gasteiger partial charge in [-0.25, -0.2) is 8.78 Å². The highest BCUT2D eigenvalue weighted by Gasteiger charge is 2.25. The largest absolute Gasteiger partial charge is 0.397 e. The molecule has 1 fully saturated rings. The van der Waals surface area contributed by atoms with Crippen LogP contribution in [0, 0.1) is 21.9 Å². The van der Waals surface area contributed by atoms with Gasteiger partial charge in [-0.1, -0.05) is 75.5 Å². The monoisotopic (exact) mass is 740 g/mol. The second-order valence-corrected chi connectivity index (χ2v) is 13.4. The normalized spacial score (nSPS) is 12.8. The lowest BCUT2D eigenvalue weighted by molar-refractivity contribution is -0.128. The van der Waals surface area contributed by atoms with Gasteiger partial charge in [0, 0.05) is 37.8 Å². The molecule has 48 heavy (non-hydrogen) atoms. The van der Waals surface area contributed by atoms with E-state index < -0.39 is 23.3 Å². The van der Waals surface area contributed by atoms with Crippen LogP contribution in [-0.4, -0.2) is 38.1 Å². The van der Waals surface area contributed by atoms with Crippen molar-refractivity contribution in [2.75, 3.05) is 41.4 Å². The number of piperidine rings is 1. The van der Waals surface area contributed by atoms with Crippen LogP contribution in [0.15, 0.2) is 47.4 Å². The predicted octanol–water partition coefficient (Wildman–Crippen LogP) is 9.55. The minimum Gasteiger partial charge on any atom is -0.397 e. The van der Waals surface area contributed by atoms with Crippen LogP contribution >= 0.6 is 46.6 Å². The maximum atomic E-state index is 13.5. The van der Waals surface area contributed by atoms with Crippen molar-refractivity contribution < 1.29 is 18.4 Å². The third-order valence-corrected chi connectivity index (χ3v) is 9.00. The number of nitriles is 1. The van der Waals surface area contributed by atoms with Crippen LogP contribution < -0.4 is 26.6 Å². The molecule has 0 unspecified atom stereocenters. The van der Waals surface area contributed by atoms with Crippen molar-refractivity contribution in [3.05, 3.63) is 74.5 Å². The Kier molecular flexibility index (Phi) is 16.1. The quantitative estimate of drug-likeness (QED) is 0.108. The van der Waals surface area contributed by atoms with Gasteiger partial charge in [0.1, 0.15) is 17.4 Å². The van der Waals surface area contributed by atoms with Crippen molar-refractivity contribution in [1.29, 1.82) is 5.26 Å². The summed E-state index contributed by atoms with van der Waals surface area (Å²) in [5, 5.41) is 19.9. The Morgan fingerprint density at radius 1 is 1.06 bits per heavy atom. The zero-order chi connectivity index (χ0) is 36.2. The fourth-order valence-corrected chi connectivity index (χ4v) is 5.74. The number of anilines is 4. The van der Waals surface area contributed by atoms with Crippen LogP contribution in [0.4, 0.5) is 31.5 Å². The number of benzene rings is 3.